The van der Waals surface area contributed by atoms with Crippen LogP contribution in [0.1, 0.15) is 18.5 Å². The highest BCUT2D eigenvalue weighted by Gasteiger charge is 2.17. The van der Waals surface area contributed by atoms with Crippen LogP contribution < -0.4 is 4.74 Å². The zero-order valence-electron chi connectivity index (χ0n) is 14.1. The molecule has 25 heavy (non-hydrogen) atoms. The Balaban J connectivity index is 1.61. The summed E-state index contributed by atoms with van der Waals surface area (Å²) in [6.45, 7) is 1.96. The molecule has 0 spiro atoms. The first-order chi connectivity index (χ1) is 12.1. The van der Waals surface area contributed by atoms with E-state index in [-0.39, 0.29) is 18.6 Å². The fourth-order valence-electron chi connectivity index (χ4n) is 2.41. The summed E-state index contributed by atoms with van der Waals surface area (Å²) in [7, 11) is 1.78. The molecule has 0 aliphatic carbocycles. The van der Waals surface area contributed by atoms with Crippen molar-refractivity contribution in [3.8, 4) is 11.4 Å². The van der Waals surface area contributed by atoms with Gasteiger partial charge in [-0.15, -0.1) is 5.10 Å². The molecular formula is C18H19N5O2. The van der Waals surface area contributed by atoms with Gasteiger partial charge in [0.05, 0.1) is 11.7 Å². The summed E-state index contributed by atoms with van der Waals surface area (Å²) in [5.41, 5.74) is 1.85. The number of amides is 1. The van der Waals surface area contributed by atoms with Crippen LogP contribution in [0.3, 0.4) is 0 Å². The molecule has 1 heterocycles. The van der Waals surface area contributed by atoms with Crippen LogP contribution in [0.4, 0.5) is 0 Å². The van der Waals surface area contributed by atoms with E-state index in [1.807, 2.05) is 49.4 Å². The molecule has 1 amide bonds. The molecule has 0 aliphatic heterocycles. The van der Waals surface area contributed by atoms with Crippen molar-refractivity contribution in [2.24, 2.45) is 0 Å². The maximum atomic E-state index is 12.4. The number of likely N-dealkylation sites (N-methyl/N-ethyl adjacent to an activating group) is 1. The lowest BCUT2D eigenvalue weighted by atomic mass is 10.1. The predicted molar refractivity (Wildman–Crippen MR) is 92.3 cm³/mol. The van der Waals surface area contributed by atoms with Gasteiger partial charge >= 0.3 is 0 Å². The zero-order chi connectivity index (χ0) is 17.6. The molecule has 2 aromatic carbocycles. The molecule has 128 valence electrons. The van der Waals surface area contributed by atoms with Gasteiger partial charge in [0.1, 0.15) is 12.1 Å². The second-order valence-corrected chi connectivity index (χ2v) is 5.63. The van der Waals surface area contributed by atoms with E-state index in [1.165, 1.54) is 11.0 Å². The molecule has 0 saturated heterocycles. The Kier molecular flexibility index (Phi) is 5.03. The summed E-state index contributed by atoms with van der Waals surface area (Å²) in [6.07, 6.45) is 1.50. The van der Waals surface area contributed by atoms with E-state index >= 15 is 0 Å². The Hall–Kier alpha value is -3.22. The monoisotopic (exact) mass is 337 g/mol. The Morgan fingerprint density at radius 3 is 2.72 bits per heavy atom. The molecule has 0 radical (unpaired) electrons. The predicted octanol–water partition coefficient (Wildman–Crippen LogP) is 2.26. The number of nitrogens with zero attached hydrogens (tertiary/aromatic N) is 5. The molecule has 0 bridgehead atoms. The molecule has 0 saturated carbocycles. The van der Waals surface area contributed by atoms with Gasteiger partial charge in [-0.2, -0.15) is 0 Å². The minimum Gasteiger partial charge on any atom is -0.484 e. The smallest absolute Gasteiger partial charge is 0.260 e. The highest BCUT2D eigenvalue weighted by atomic mass is 16.5. The Bertz CT molecular complexity index is 821. The Morgan fingerprint density at radius 2 is 2.00 bits per heavy atom. The molecule has 0 fully saturated rings. The maximum Gasteiger partial charge on any atom is 0.260 e. The van der Waals surface area contributed by atoms with Crippen molar-refractivity contribution in [2.75, 3.05) is 13.7 Å². The molecule has 3 rings (SSSR count). The van der Waals surface area contributed by atoms with E-state index in [0.29, 0.717) is 5.75 Å². The van der Waals surface area contributed by atoms with E-state index in [0.717, 1.165) is 11.3 Å². The third kappa shape index (κ3) is 4.00. The molecule has 3 aromatic rings. The normalized spacial score (nSPS) is 11.8. The van der Waals surface area contributed by atoms with Crippen molar-refractivity contribution >= 4 is 5.91 Å². The largest absolute Gasteiger partial charge is 0.484 e. The average molecular weight is 337 g/mol. The van der Waals surface area contributed by atoms with Crippen LogP contribution in [0.15, 0.2) is 60.9 Å². The minimum absolute atomic E-state index is 0.0233. The van der Waals surface area contributed by atoms with Crippen LogP contribution in [0.2, 0.25) is 0 Å². The number of carbonyl (C=O) groups excluding carboxylic acids is 1. The van der Waals surface area contributed by atoms with Gasteiger partial charge in [0.15, 0.2) is 6.61 Å². The molecule has 0 aliphatic rings. The van der Waals surface area contributed by atoms with E-state index in [2.05, 4.69) is 15.5 Å². The van der Waals surface area contributed by atoms with Gasteiger partial charge in [-0.1, -0.05) is 36.4 Å². The van der Waals surface area contributed by atoms with Gasteiger partial charge in [0.2, 0.25) is 0 Å². The first-order valence-corrected chi connectivity index (χ1v) is 7.92. The first-order valence-electron chi connectivity index (χ1n) is 7.92. The van der Waals surface area contributed by atoms with Crippen LogP contribution in [-0.4, -0.2) is 44.7 Å². The van der Waals surface area contributed by atoms with Crippen molar-refractivity contribution in [1.82, 2.24) is 25.1 Å². The summed E-state index contributed by atoms with van der Waals surface area (Å²) in [5, 5.41) is 11.0. The number of ether oxygens (including phenoxy) is 1. The molecular weight excluding hydrogens is 318 g/mol. The van der Waals surface area contributed by atoms with Crippen molar-refractivity contribution in [2.45, 2.75) is 13.0 Å². The quantitative estimate of drug-likeness (QED) is 0.690. The van der Waals surface area contributed by atoms with E-state index < -0.39 is 0 Å². The Morgan fingerprint density at radius 1 is 1.20 bits per heavy atom. The standard InChI is InChI=1S/C18H19N5O2/c1-14(15-7-4-3-5-8-15)22(2)18(24)12-25-17-10-6-9-16(11-17)23-13-19-20-21-23/h3-11,13-14H,12H2,1-2H3/t14-/m1/s1. The fraction of sp³-hybridized carbons (Fsp3) is 0.222. The van der Waals surface area contributed by atoms with Gasteiger partial charge in [-0.3, -0.25) is 4.79 Å². The van der Waals surface area contributed by atoms with Crippen molar-refractivity contribution in [3.63, 3.8) is 0 Å². The topological polar surface area (TPSA) is 73.1 Å². The van der Waals surface area contributed by atoms with E-state index in [4.69, 9.17) is 4.74 Å². The number of carbonyl (C=O) groups is 1. The van der Waals surface area contributed by atoms with E-state index in [1.54, 1.807) is 24.1 Å². The van der Waals surface area contributed by atoms with Gasteiger partial charge < -0.3 is 9.64 Å². The lowest BCUT2D eigenvalue weighted by molar-refractivity contribution is -0.134. The highest BCUT2D eigenvalue weighted by Crippen LogP contribution is 2.19. The second kappa shape index (κ2) is 7.57. The van der Waals surface area contributed by atoms with Gasteiger partial charge in [0, 0.05) is 13.1 Å². The number of benzene rings is 2. The lowest BCUT2D eigenvalue weighted by Crippen LogP contribution is -2.33. The van der Waals surface area contributed by atoms with Crippen LogP contribution in [0.5, 0.6) is 5.75 Å². The average Bonchev–Trinajstić information content (AvgIpc) is 3.20. The SMILES string of the molecule is C[C@H](c1ccccc1)N(C)C(=O)COc1cccc(-n2cnnn2)c1. The summed E-state index contributed by atoms with van der Waals surface area (Å²) < 4.78 is 7.17. The van der Waals surface area contributed by atoms with E-state index in [9.17, 15) is 4.79 Å². The third-order valence-corrected chi connectivity index (χ3v) is 4.05. The van der Waals surface area contributed by atoms with Crippen molar-refractivity contribution in [1.29, 1.82) is 0 Å². The van der Waals surface area contributed by atoms with Crippen molar-refractivity contribution < 1.29 is 9.53 Å². The molecule has 1 atom stereocenters. The number of hydrogen-bond acceptors (Lipinski definition) is 5. The van der Waals surface area contributed by atoms with Crippen LogP contribution in [-0.2, 0) is 4.79 Å². The lowest BCUT2D eigenvalue weighted by Gasteiger charge is -2.25. The van der Waals surface area contributed by atoms with Crippen LogP contribution in [0.25, 0.3) is 5.69 Å². The van der Waals surface area contributed by atoms with Gasteiger partial charge in [-0.05, 0) is 35.0 Å². The first kappa shape index (κ1) is 16.6. The molecule has 7 heteroatoms. The number of aromatic nitrogens is 4. The van der Waals surface area contributed by atoms with Crippen LogP contribution >= 0.6 is 0 Å². The maximum absolute atomic E-state index is 12.4. The van der Waals surface area contributed by atoms with Crippen LogP contribution in [0, 0.1) is 0 Å². The highest BCUT2D eigenvalue weighted by molar-refractivity contribution is 5.78. The molecule has 7 nitrogen and oxygen atoms in total. The summed E-state index contributed by atoms with van der Waals surface area (Å²) >= 11 is 0. The van der Waals surface area contributed by atoms with Gasteiger partial charge in [-0.25, -0.2) is 4.68 Å². The fourth-order valence-corrected chi connectivity index (χ4v) is 2.41. The second-order valence-electron chi connectivity index (χ2n) is 5.63. The summed E-state index contributed by atoms with van der Waals surface area (Å²) in [6, 6.07) is 17.1. The molecule has 0 N–H and O–H groups in total. The Labute approximate surface area is 145 Å². The summed E-state index contributed by atoms with van der Waals surface area (Å²) in [4.78, 5) is 14.1. The molecule has 0 unspecified atom stereocenters. The minimum atomic E-state index is -0.0934. The summed E-state index contributed by atoms with van der Waals surface area (Å²) in [5.74, 6) is 0.492. The number of rotatable bonds is 6. The number of hydrogen-bond donors (Lipinski definition) is 0. The zero-order valence-corrected chi connectivity index (χ0v) is 14.1. The molecule has 1 aromatic heterocycles. The number of tetrazole rings is 1. The third-order valence-electron chi connectivity index (χ3n) is 4.05. The van der Waals surface area contributed by atoms with Gasteiger partial charge in [0.25, 0.3) is 5.91 Å². The van der Waals surface area contributed by atoms with Crippen molar-refractivity contribution in [3.05, 3.63) is 66.5 Å².